The molecule has 0 atom stereocenters. The van der Waals surface area contributed by atoms with Gasteiger partial charge in [-0.15, -0.1) is 0 Å². The van der Waals surface area contributed by atoms with Gasteiger partial charge in [-0.3, -0.25) is 0 Å². The van der Waals surface area contributed by atoms with Gasteiger partial charge in [0.2, 0.25) is 5.89 Å². The summed E-state index contributed by atoms with van der Waals surface area (Å²) in [5.41, 5.74) is 0.0890. The van der Waals surface area contributed by atoms with E-state index in [0.717, 1.165) is 43.4 Å². The molecule has 10 heteroatoms. The molecule has 1 aromatic heterocycles. The molecule has 1 aliphatic rings. The van der Waals surface area contributed by atoms with E-state index in [1.165, 1.54) is 30.5 Å². The molecule has 39 heavy (non-hydrogen) atoms. The quantitative estimate of drug-likeness (QED) is 0.301. The molecule has 0 spiro atoms. The third kappa shape index (κ3) is 8.73. The Balaban J connectivity index is 0.000000231. The van der Waals surface area contributed by atoms with Crippen LogP contribution in [0.2, 0.25) is 0 Å². The zero-order valence-corrected chi connectivity index (χ0v) is 22.8. The van der Waals surface area contributed by atoms with Gasteiger partial charge in [-0.2, -0.15) is 18.2 Å². The zero-order valence-electron chi connectivity index (χ0n) is 22.8. The molecule has 2 aromatic carbocycles. The van der Waals surface area contributed by atoms with Crippen LogP contribution >= 0.6 is 0 Å². The van der Waals surface area contributed by atoms with E-state index in [2.05, 4.69) is 17.1 Å². The summed E-state index contributed by atoms with van der Waals surface area (Å²) in [5.74, 6) is 1.12. The summed E-state index contributed by atoms with van der Waals surface area (Å²) in [6.07, 6.45) is 2.24. The van der Waals surface area contributed by atoms with Gasteiger partial charge in [0, 0.05) is 19.5 Å². The molecule has 4 rings (SSSR count). The summed E-state index contributed by atoms with van der Waals surface area (Å²) in [5, 5.41) is 12.9. The molecule has 0 radical (unpaired) electrons. The molecule has 0 aliphatic heterocycles. The van der Waals surface area contributed by atoms with Gasteiger partial charge < -0.3 is 19.3 Å². The van der Waals surface area contributed by atoms with E-state index in [9.17, 15) is 18.0 Å². The van der Waals surface area contributed by atoms with Crippen molar-refractivity contribution in [3.63, 3.8) is 0 Å². The Labute approximate surface area is 227 Å². The number of halogens is 3. The van der Waals surface area contributed by atoms with E-state index >= 15 is 0 Å². The number of hydrogen-bond donors (Lipinski definition) is 1. The van der Waals surface area contributed by atoms with Crippen molar-refractivity contribution >= 4 is 11.9 Å². The fraction of sp³-hybridized carbons (Fsp3) is 0.483. The summed E-state index contributed by atoms with van der Waals surface area (Å²) in [4.78, 5) is 17.1. The molecular weight excluding hydrogens is 511 g/mol. The lowest BCUT2D eigenvalue weighted by molar-refractivity contribution is -0.152. The molecule has 7 nitrogen and oxygen atoms in total. The number of carbonyl (C=O) groups is 1. The topological polar surface area (TPSA) is 88.7 Å². The highest BCUT2D eigenvalue weighted by atomic mass is 19.4. The Hall–Kier alpha value is -3.56. The molecule has 1 heterocycles. The van der Waals surface area contributed by atoms with Crippen molar-refractivity contribution in [3.8, 4) is 5.75 Å². The number of ether oxygens (including phenoxy) is 1. The van der Waals surface area contributed by atoms with Crippen LogP contribution in [-0.2, 0) is 23.9 Å². The zero-order chi connectivity index (χ0) is 28.6. The highest BCUT2D eigenvalue weighted by Gasteiger charge is 2.30. The number of rotatable bonds is 9. The maximum absolute atomic E-state index is 12.6. The lowest BCUT2D eigenvalue weighted by Gasteiger charge is -2.21. The van der Waals surface area contributed by atoms with E-state index in [1.807, 2.05) is 18.2 Å². The van der Waals surface area contributed by atoms with Crippen LogP contribution in [0, 0.1) is 0 Å². The standard InChI is InChI=1S/C16H18F3N3O.C13H18O3/c1-22(10-11-6-8-13(9-7-11)16(17,18)19)15-20-14(23-21-15)12-4-2-3-5-12;1-4-6-10-7-5-8-11(9-10)16-13(2,3)12(14)15/h6-9,12H,2-5,10H2,1H3;5,7-9H,4,6H2,1-3H3,(H,14,15). The first-order chi connectivity index (χ1) is 18.4. The van der Waals surface area contributed by atoms with Gasteiger partial charge in [-0.05, 0) is 73.7 Å². The van der Waals surface area contributed by atoms with Crippen molar-refractivity contribution in [1.29, 1.82) is 0 Å². The Kier molecular flexibility index (Phi) is 9.99. The van der Waals surface area contributed by atoms with Crippen LogP contribution < -0.4 is 9.64 Å². The van der Waals surface area contributed by atoms with Crippen molar-refractivity contribution < 1.29 is 32.3 Å². The van der Waals surface area contributed by atoms with Crippen LogP contribution in [0.15, 0.2) is 53.1 Å². The van der Waals surface area contributed by atoms with E-state index in [1.54, 1.807) is 31.9 Å². The minimum absolute atomic E-state index is 0.343. The van der Waals surface area contributed by atoms with Gasteiger partial charge in [0.25, 0.3) is 5.95 Å². The number of aliphatic carboxylic acids is 1. The predicted molar refractivity (Wildman–Crippen MR) is 142 cm³/mol. The smallest absolute Gasteiger partial charge is 0.416 e. The summed E-state index contributed by atoms with van der Waals surface area (Å²) in [6.45, 7) is 5.61. The Bertz CT molecular complexity index is 1200. The number of alkyl halides is 3. The van der Waals surface area contributed by atoms with Gasteiger partial charge >= 0.3 is 12.1 Å². The fourth-order valence-electron chi connectivity index (χ4n) is 4.26. The molecule has 1 N–H and O–H groups in total. The van der Waals surface area contributed by atoms with Crippen molar-refractivity contribution in [1.82, 2.24) is 10.1 Å². The second-order valence-corrected chi connectivity index (χ2v) is 10.3. The van der Waals surface area contributed by atoms with E-state index < -0.39 is 23.3 Å². The Morgan fingerprint density at radius 2 is 1.77 bits per heavy atom. The maximum atomic E-state index is 12.6. The number of hydrogen-bond acceptors (Lipinski definition) is 6. The van der Waals surface area contributed by atoms with E-state index in [4.69, 9.17) is 14.4 Å². The van der Waals surface area contributed by atoms with Gasteiger partial charge in [0.1, 0.15) is 5.75 Å². The molecule has 0 saturated heterocycles. The molecule has 0 bridgehead atoms. The minimum atomic E-state index is -4.31. The summed E-state index contributed by atoms with van der Waals surface area (Å²) in [6, 6.07) is 12.7. The average molecular weight is 548 g/mol. The summed E-state index contributed by atoms with van der Waals surface area (Å²) >= 11 is 0. The minimum Gasteiger partial charge on any atom is -0.478 e. The maximum Gasteiger partial charge on any atom is 0.416 e. The van der Waals surface area contributed by atoms with Crippen LogP contribution in [0.5, 0.6) is 5.75 Å². The van der Waals surface area contributed by atoms with Crippen molar-refractivity contribution in [2.45, 2.75) is 83.5 Å². The fourth-order valence-corrected chi connectivity index (χ4v) is 4.26. The number of benzene rings is 2. The first-order valence-corrected chi connectivity index (χ1v) is 13.1. The highest BCUT2D eigenvalue weighted by molar-refractivity contribution is 5.76. The first-order valence-electron chi connectivity index (χ1n) is 13.1. The van der Waals surface area contributed by atoms with Crippen LogP contribution in [-0.4, -0.2) is 33.9 Å². The number of aromatic nitrogens is 2. The number of nitrogens with zero attached hydrogens (tertiary/aromatic N) is 3. The largest absolute Gasteiger partial charge is 0.478 e. The monoisotopic (exact) mass is 547 g/mol. The normalized spacial score (nSPS) is 14.0. The Morgan fingerprint density at radius 1 is 1.10 bits per heavy atom. The Morgan fingerprint density at radius 3 is 2.36 bits per heavy atom. The summed E-state index contributed by atoms with van der Waals surface area (Å²) in [7, 11) is 1.79. The highest BCUT2D eigenvalue weighted by Crippen LogP contribution is 2.34. The van der Waals surface area contributed by atoms with Gasteiger partial charge in [-0.25, -0.2) is 4.79 Å². The molecule has 1 aliphatic carbocycles. The lowest BCUT2D eigenvalue weighted by Crippen LogP contribution is -2.37. The average Bonchev–Trinajstić information content (AvgIpc) is 3.57. The SMILES string of the molecule is CCCc1cccc(OC(C)(C)C(=O)O)c1.CN(Cc1ccc(C(F)(F)F)cc1)c1noc(C2CCCC2)n1. The van der Waals surface area contributed by atoms with Crippen LogP contribution in [0.4, 0.5) is 19.1 Å². The molecule has 0 unspecified atom stereocenters. The van der Waals surface area contributed by atoms with Crippen LogP contribution in [0.1, 0.15) is 81.4 Å². The molecule has 1 fully saturated rings. The van der Waals surface area contributed by atoms with Crippen molar-refractivity contribution in [2.75, 3.05) is 11.9 Å². The second kappa shape index (κ2) is 13.0. The molecule has 1 saturated carbocycles. The third-order valence-corrected chi connectivity index (χ3v) is 6.50. The van der Waals surface area contributed by atoms with Crippen LogP contribution in [0.25, 0.3) is 0 Å². The number of aryl methyl sites for hydroxylation is 1. The lowest BCUT2D eigenvalue weighted by atomic mass is 10.1. The van der Waals surface area contributed by atoms with E-state index in [0.29, 0.717) is 30.1 Å². The number of anilines is 1. The van der Waals surface area contributed by atoms with Gasteiger partial charge in [0.05, 0.1) is 5.56 Å². The number of carboxylic acid groups (broad SMARTS) is 1. The summed E-state index contributed by atoms with van der Waals surface area (Å²) < 4.78 is 48.4. The van der Waals surface area contributed by atoms with Gasteiger partial charge in [-0.1, -0.05) is 50.5 Å². The number of carboxylic acids is 1. The molecular formula is C29H36F3N3O4. The van der Waals surface area contributed by atoms with Crippen molar-refractivity contribution in [3.05, 3.63) is 71.1 Å². The predicted octanol–water partition coefficient (Wildman–Crippen LogP) is 7.26. The molecule has 212 valence electrons. The third-order valence-electron chi connectivity index (χ3n) is 6.50. The second-order valence-electron chi connectivity index (χ2n) is 10.3. The van der Waals surface area contributed by atoms with Gasteiger partial charge in [0.15, 0.2) is 5.60 Å². The molecule has 0 amide bonds. The van der Waals surface area contributed by atoms with E-state index in [-0.39, 0.29) is 0 Å². The van der Waals surface area contributed by atoms with Crippen LogP contribution in [0.3, 0.4) is 0 Å². The molecule has 3 aromatic rings. The first kappa shape index (κ1) is 30.0. The van der Waals surface area contributed by atoms with Crippen molar-refractivity contribution in [2.24, 2.45) is 0 Å².